The molecule has 0 saturated carbocycles. The Hall–Kier alpha value is -13.9. The van der Waals surface area contributed by atoms with Crippen LogP contribution in [-0.2, 0) is 6.42 Å². The smallest absolute Gasteiger partial charge is 0.332 e. The number of carbonyl (C=O) groups excluding carboxylic acids is 3. The van der Waals surface area contributed by atoms with Crippen molar-refractivity contribution >= 4 is 121 Å². The molecule has 29 heteroatoms. The normalized spacial score (nSPS) is 14.4. The van der Waals surface area contributed by atoms with Gasteiger partial charge in [0.25, 0.3) is 0 Å². The number of fused-ring (bicyclic) bond motifs is 2. The monoisotopic (exact) mass is 1680 g/mol. The Balaban J connectivity index is 0.000000145. The largest absolute Gasteiger partial charge is 0.493 e. The number of nitrogens with zero attached hydrogens (tertiary/aromatic N) is 17. The van der Waals surface area contributed by atoms with E-state index in [2.05, 4.69) is 173 Å². The third kappa shape index (κ3) is 21.1. The average Bonchev–Trinajstić information content (AvgIpc) is 1.38. The molecule has 9 heterocycles. The van der Waals surface area contributed by atoms with Crippen molar-refractivity contribution in [3.63, 3.8) is 0 Å². The van der Waals surface area contributed by atoms with Crippen LogP contribution in [0.2, 0.25) is 0 Å². The van der Waals surface area contributed by atoms with E-state index >= 15 is 0 Å². The molecule has 5 aliphatic rings. The van der Waals surface area contributed by atoms with Gasteiger partial charge in [-0.3, -0.25) is 4.68 Å². The van der Waals surface area contributed by atoms with Gasteiger partial charge in [0, 0.05) is 167 Å². The number of rotatable bonds is 22. The van der Waals surface area contributed by atoms with Crippen LogP contribution < -0.4 is 75.5 Å². The van der Waals surface area contributed by atoms with E-state index in [1.165, 1.54) is 35.1 Å². The Kier molecular flexibility index (Phi) is 27.5. The van der Waals surface area contributed by atoms with Crippen LogP contribution in [0.15, 0.2) is 213 Å². The summed E-state index contributed by atoms with van der Waals surface area (Å²) in [5, 5.41) is 23.8. The first-order chi connectivity index (χ1) is 60.8. The molecule has 0 atom stereocenters. The van der Waals surface area contributed by atoms with E-state index in [1.807, 2.05) is 162 Å². The quantitative estimate of drug-likeness (QED) is 0.0368. The van der Waals surface area contributed by atoms with Gasteiger partial charge in [-0.2, -0.15) is 5.10 Å². The second-order valence-corrected chi connectivity index (χ2v) is 31.9. The second-order valence-electron chi connectivity index (χ2n) is 31.9. The summed E-state index contributed by atoms with van der Waals surface area (Å²) in [6.07, 6.45) is 8.96. The van der Waals surface area contributed by atoms with Crippen LogP contribution >= 0.6 is 0 Å². The zero-order chi connectivity index (χ0) is 87.0. The summed E-state index contributed by atoms with van der Waals surface area (Å²) < 4.78 is 18.6. The van der Waals surface area contributed by atoms with Gasteiger partial charge in [-0.05, 0) is 217 Å². The van der Waals surface area contributed by atoms with E-state index in [0.29, 0.717) is 70.1 Å². The number of para-hydroxylation sites is 3. The van der Waals surface area contributed by atoms with Gasteiger partial charge >= 0.3 is 18.1 Å². The molecule has 3 saturated heterocycles. The van der Waals surface area contributed by atoms with E-state index in [0.717, 1.165) is 189 Å². The number of amides is 6. The van der Waals surface area contributed by atoms with Gasteiger partial charge in [-0.1, -0.05) is 75.4 Å². The number of carbonyl (C=O) groups is 3. The van der Waals surface area contributed by atoms with Crippen molar-refractivity contribution in [1.29, 1.82) is 0 Å². The molecule has 17 rings (SSSR count). The number of hydrogen-bond donors (Lipinski definition) is 6. The molecule has 12 aromatic rings. The predicted octanol–water partition coefficient (Wildman–Crippen LogP) is 18.5. The van der Waals surface area contributed by atoms with E-state index in [-0.39, 0.29) is 30.9 Å². The fourth-order valence-corrected chi connectivity index (χ4v) is 16.0. The maximum absolute atomic E-state index is 14.0. The maximum Gasteiger partial charge on any atom is 0.332 e. The van der Waals surface area contributed by atoms with Gasteiger partial charge in [0.1, 0.15) is 59.6 Å². The van der Waals surface area contributed by atoms with Crippen molar-refractivity contribution in [3.05, 3.63) is 252 Å². The topological polar surface area (TPSA) is 275 Å². The number of piperazine rings is 3. The third-order valence-electron chi connectivity index (χ3n) is 23.3. The van der Waals surface area contributed by atoms with Crippen LogP contribution in [0.4, 0.5) is 118 Å². The highest BCUT2D eigenvalue weighted by atomic mass is 16.7. The van der Waals surface area contributed by atoms with E-state index < -0.39 is 0 Å². The highest BCUT2D eigenvalue weighted by Crippen LogP contribution is 2.40. The first kappa shape index (κ1) is 86.1. The van der Waals surface area contributed by atoms with Crippen molar-refractivity contribution < 1.29 is 28.6 Å². The molecule has 0 spiro atoms. The van der Waals surface area contributed by atoms with Crippen LogP contribution in [-0.4, -0.2) is 184 Å². The van der Waals surface area contributed by atoms with Gasteiger partial charge in [0.2, 0.25) is 6.79 Å². The molecule has 4 aromatic heterocycles. The lowest BCUT2D eigenvalue weighted by Crippen LogP contribution is -2.46. The lowest BCUT2D eigenvalue weighted by Gasteiger charge is -2.35. The molecule has 5 aliphatic heterocycles. The molecule has 0 unspecified atom stereocenters. The number of benzene rings is 8. The minimum atomic E-state index is -0.358. The maximum atomic E-state index is 14.0. The Morgan fingerprint density at radius 2 is 0.744 bits per heavy atom. The summed E-state index contributed by atoms with van der Waals surface area (Å²) >= 11 is 0. The summed E-state index contributed by atoms with van der Waals surface area (Å²) in [6.45, 7) is 39.1. The fourth-order valence-electron chi connectivity index (χ4n) is 16.0. The summed E-state index contributed by atoms with van der Waals surface area (Å²) in [4.78, 5) is 87.8. The number of anilines is 18. The fraction of sp³-hybridized carbons (Fsp3) is 0.312. The first-order valence-electron chi connectivity index (χ1n) is 43.0. The Labute approximate surface area is 731 Å². The van der Waals surface area contributed by atoms with Crippen LogP contribution in [0.5, 0.6) is 17.2 Å². The van der Waals surface area contributed by atoms with E-state index in [1.54, 1.807) is 46.3 Å². The zero-order valence-corrected chi connectivity index (χ0v) is 73.1. The highest BCUT2D eigenvalue weighted by Gasteiger charge is 2.29. The van der Waals surface area contributed by atoms with Gasteiger partial charge in [-0.25, -0.2) is 59.0 Å². The molecule has 0 bridgehead atoms. The highest BCUT2D eigenvalue weighted by molar-refractivity contribution is 6.09. The Morgan fingerprint density at radius 3 is 1.14 bits per heavy atom. The number of hydrogen-bond acceptors (Lipinski definition) is 22. The van der Waals surface area contributed by atoms with Crippen molar-refractivity contribution in [1.82, 2.24) is 54.4 Å². The Bertz CT molecular complexity index is 5650. The summed E-state index contributed by atoms with van der Waals surface area (Å²) in [5.74, 6) is 5.17. The van der Waals surface area contributed by atoms with Crippen LogP contribution in [0.3, 0.4) is 0 Å². The second kappa shape index (κ2) is 40.0. The average molecular weight is 1680 g/mol. The molecule has 646 valence electrons. The molecular weight excluding hydrogens is 1570 g/mol. The van der Waals surface area contributed by atoms with Gasteiger partial charge in [0.15, 0.2) is 11.5 Å². The molecule has 125 heavy (non-hydrogen) atoms. The summed E-state index contributed by atoms with van der Waals surface area (Å²) in [6, 6.07) is 58.5. The summed E-state index contributed by atoms with van der Waals surface area (Å²) in [5.41, 5.74) is 17.5. The van der Waals surface area contributed by atoms with Crippen molar-refractivity contribution in [2.45, 2.75) is 88.6 Å². The summed E-state index contributed by atoms with van der Waals surface area (Å²) in [7, 11) is 0. The third-order valence-corrected chi connectivity index (χ3v) is 23.3. The number of urea groups is 3. The molecule has 8 aromatic carbocycles. The molecule has 0 radical (unpaired) electrons. The van der Waals surface area contributed by atoms with Crippen molar-refractivity contribution in [2.75, 3.05) is 173 Å². The predicted molar refractivity (Wildman–Crippen MR) is 500 cm³/mol. The van der Waals surface area contributed by atoms with Gasteiger partial charge in [0.05, 0.1) is 35.6 Å². The minimum absolute atomic E-state index is 0.142. The molecule has 6 N–H and O–H groups in total. The number of aryl methyl sites for hydroxylation is 6. The van der Waals surface area contributed by atoms with E-state index in [9.17, 15) is 14.4 Å². The number of nitrogens with one attached hydrogen (secondary N) is 6. The zero-order valence-electron chi connectivity index (χ0n) is 73.1. The molecule has 29 nitrogen and oxygen atoms in total. The van der Waals surface area contributed by atoms with Gasteiger partial charge < -0.3 is 75.5 Å². The number of likely N-dealkylation sites (N-methyl/N-ethyl adjacent to an activating group) is 3. The molecule has 3 fully saturated rings. The van der Waals surface area contributed by atoms with Crippen LogP contribution in [0.1, 0.15) is 79.6 Å². The first-order valence-corrected chi connectivity index (χ1v) is 43.0. The van der Waals surface area contributed by atoms with Crippen molar-refractivity contribution in [2.24, 2.45) is 0 Å². The molecule has 6 amide bonds. The minimum Gasteiger partial charge on any atom is -0.493 e. The molecular formula is C96H111N23O6. The van der Waals surface area contributed by atoms with Crippen LogP contribution in [0.25, 0.3) is 0 Å². The standard InChI is InChI=1S/C33H37N7O2.C32H35N7O3.C31H39N9O/c1-4-38-15-17-39(18-16-38)27-9-11-28(12-10-27)40(33(41)37-32-23(2)6-5-7-24(32)3)31-21-30(34-22-35-31)36-26-8-13-29-25(20-26)14-19-42-29;1-4-37-14-16-38(17-15-37)25-10-8-24(9-11-25)35-29-19-30(34-20-33-29)39(26-12-13-27-28(18-26)42-21-41-27)32(40)36-31-22(2)6-5-7-23(31)3;1-6-37-14-16-38(17-15-37)26-10-12-27(13-11-26)40(31(41)36-30-23(4)8-7-9-24(30)5)29-18-28(32-21-33-29)35-25-19-34-39(20-25)22(2)3/h5-13,20-22H,4,14-19H2,1-3H3,(H,37,41)(H,34,35,36);5-13,18-20H,4,14-17,21H2,1-3H3,(H,36,40)(H,33,34,35);7-13,18-22H,6,14-17H2,1-5H3,(H,36,41)(H,32,33,35). The van der Waals surface area contributed by atoms with Gasteiger partial charge in [-0.15, -0.1) is 0 Å². The lowest BCUT2D eigenvalue weighted by molar-refractivity contribution is 0.174. The lowest BCUT2D eigenvalue weighted by atomic mass is 10.1. The SMILES string of the molecule is CCN1CCN(c2ccc(N(C(=O)Nc3c(C)cccc3C)c3cc(Nc4ccc5c(c4)CCO5)ncn3)cc2)CC1.CCN1CCN(c2ccc(N(C(=O)Nc3c(C)cccc3C)c3cc(Nc4cnn(C(C)C)c4)ncn3)cc2)CC1.CCN1CCN(c2ccc(Nc3cc(N(C(=O)Nc4c(C)cccc4C)c4ccc5c(c4)OCO5)ncn3)cc2)CC1. The number of aromatic nitrogens is 8. The van der Waals surface area contributed by atoms with Crippen LogP contribution in [0, 0.1) is 41.5 Å². The Morgan fingerprint density at radius 1 is 0.384 bits per heavy atom. The number of ether oxygens (including phenoxy) is 3. The van der Waals surface area contributed by atoms with Crippen molar-refractivity contribution in [3.8, 4) is 17.2 Å². The van der Waals surface area contributed by atoms with E-state index in [4.69, 9.17) is 14.2 Å². The molecule has 0 aliphatic carbocycles.